The van der Waals surface area contributed by atoms with E-state index in [-0.39, 0.29) is 0 Å². The first kappa shape index (κ1) is 19.6. The lowest BCUT2D eigenvalue weighted by Crippen LogP contribution is -3.14. The SMILES string of the molecule is C=CCn1c(Cc2ccccc2)nn(C[NH+]2CCN(c3ccccc3)CC2)c1=S. The van der Waals surface area contributed by atoms with Gasteiger partial charge in [0, 0.05) is 18.7 Å². The molecule has 0 saturated carbocycles. The lowest BCUT2D eigenvalue weighted by Gasteiger charge is -2.33. The van der Waals surface area contributed by atoms with E-state index in [0.717, 1.165) is 49.9 Å². The van der Waals surface area contributed by atoms with Gasteiger partial charge in [-0.3, -0.25) is 4.57 Å². The molecule has 1 aliphatic heterocycles. The summed E-state index contributed by atoms with van der Waals surface area (Å²) in [6.07, 6.45) is 2.67. The van der Waals surface area contributed by atoms with Crippen molar-refractivity contribution in [1.82, 2.24) is 14.3 Å². The molecule has 150 valence electrons. The monoisotopic (exact) mass is 406 g/mol. The van der Waals surface area contributed by atoms with Crippen LogP contribution in [0.15, 0.2) is 73.3 Å². The Kier molecular flexibility index (Phi) is 6.22. The Bertz CT molecular complexity index is 985. The fourth-order valence-corrected chi connectivity index (χ4v) is 4.19. The molecule has 0 radical (unpaired) electrons. The zero-order chi connectivity index (χ0) is 20.1. The number of nitrogens with zero attached hydrogens (tertiary/aromatic N) is 4. The van der Waals surface area contributed by atoms with Crippen LogP contribution in [0.25, 0.3) is 0 Å². The van der Waals surface area contributed by atoms with Crippen molar-refractivity contribution in [1.29, 1.82) is 0 Å². The molecule has 6 heteroatoms. The Morgan fingerprint density at radius 3 is 2.31 bits per heavy atom. The standard InChI is InChI=1S/C23H27N5S/c1-2-13-27-22(18-20-9-5-3-6-10-20)24-28(23(27)29)19-25-14-16-26(17-15-25)21-11-7-4-8-12-21/h2-12H,1,13-19H2/p+1. The van der Waals surface area contributed by atoms with Crippen molar-refractivity contribution in [2.75, 3.05) is 31.1 Å². The van der Waals surface area contributed by atoms with E-state index in [4.69, 9.17) is 17.3 Å². The topological polar surface area (TPSA) is 30.4 Å². The molecule has 29 heavy (non-hydrogen) atoms. The van der Waals surface area contributed by atoms with Crippen molar-refractivity contribution in [3.63, 3.8) is 0 Å². The van der Waals surface area contributed by atoms with Crippen molar-refractivity contribution < 1.29 is 4.90 Å². The van der Waals surface area contributed by atoms with Gasteiger partial charge >= 0.3 is 0 Å². The predicted octanol–water partition coefficient (Wildman–Crippen LogP) is 2.55. The first-order valence-electron chi connectivity index (χ1n) is 10.2. The molecule has 1 saturated heterocycles. The average Bonchev–Trinajstić information content (AvgIpc) is 3.05. The van der Waals surface area contributed by atoms with E-state index >= 15 is 0 Å². The summed E-state index contributed by atoms with van der Waals surface area (Å²) in [6, 6.07) is 21.1. The Balaban J connectivity index is 1.45. The van der Waals surface area contributed by atoms with Gasteiger partial charge in [-0.25, -0.2) is 0 Å². The summed E-state index contributed by atoms with van der Waals surface area (Å²) in [5.74, 6) is 1.00. The van der Waals surface area contributed by atoms with Crippen LogP contribution < -0.4 is 9.80 Å². The Morgan fingerprint density at radius 1 is 1.00 bits per heavy atom. The van der Waals surface area contributed by atoms with Crippen LogP contribution in [0.4, 0.5) is 5.69 Å². The second kappa shape index (κ2) is 9.20. The highest BCUT2D eigenvalue weighted by atomic mass is 32.1. The number of allylic oxidation sites excluding steroid dienone is 1. The van der Waals surface area contributed by atoms with Crippen molar-refractivity contribution in [2.45, 2.75) is 19.6 Å². The van der Waals surface area contributed by atoms with E-state index in [1.807, 2.05) is 16.8 Å². The van der Waals surface area contributed by atoms with Gasteiger partial charge in [0.25, 0.3) is 0 Å². The molecule has 0 aliphatic carbocycles. The maximum absolute atomic E-state index is 5.75. The highest BCUT2D eigenvalue weighted by molar-refractivity contribution is 7.71. The third-order valence-corrected chi connectivity index (χ3v) is 5.91. The van der Waals surface area contributed by atoms with Crippen LogP contribution in [0.1, 0.15) is 11.4 Å². The summed E-state index contributed by atoms with van der Waals surface area (Å²) in [5.41, 5.74) is 2.55. The Morgan fingerprint density at radius 2 is 1.66 bits per heavy atom. The number of aromatic nitrogens is 3. The van der Waals surface area contributed by atoms with Gasteiger partial charge in [-0.2, -0.15) is 9.78 Å². The van der Waals surface area contributed by atoms with Crippen LogP contribution in [-0.4, -0.2) is 40.5 Å². The molecule has 1 fully saturated rings. The van der Waals surface area contributed by atoms with E-state index in [9.17, 15) is 0 Å². The summed E-state index contributed by atoms with van der Waals surface area (Å²) >= 11 is 5.75. The van der Waals surface area contributed by atoms with Gasteiger partial charge in [0.05, 0.1) is 26.2 Å². The van der Waals surface area contributed by atoms with Gasteiger partial charge in [0.2, 0.25) is 4.77 Å². The lowest BCUT2D eigenvalue weighted by atomic mass is 10.1. The van der Waals surface area contributed by atoms with Crippen LogP contribution in [0.2, 0.25) is 0 Å². The number of para-hydroxylation sites is 1. The van der Waals surface area contributed by atoms with Crippen LogP contribution in [0.5, 0.6) is 0 Å². The maximum atomic E-state index is 5.75. The van der Waals surface area contributed by atoms with E-state index < -0.39 is 0 Å². The van der Waals surface area contributed by atoms with Crippen molar-refractivity contribution >= 4 is 17.9 Å². The first-order valence-corrected chi connectivity index (χ1v) is 10.6. The molecule has 1 aromatic heterocycles. The predicted molar refractivity (Wildman–Crippen MR) is 120 cm³/mol. The van der Waals surface area contributed by atoms with Crippen molar-refractivity contribution in [2.24, 2.45) is 0 Å². The second-order valence-corrected chi connectivity index (χ2v) is 7.86. The maximum Gasteiger partial charge on any atom is 0.203 e. The largest absolute Gasteiger partial charge is 0.360 e. The van der Waals surface area contributed by atoms with Gasteiger partial charge in [0.15, 0.2) is 6.67 Å². The van der Waals surface area contributed by atoms with Gasteiger partial charge < -0.3 is 9.80 Å². The fraction of sp³-hybridized carbons (Fsp3) is 0.304. The van der Waals surface area contributed by atoms with Gasteiger partial charge in [-0.05, 0) is 29.9 Å². The zero-order valence-electron chi connectivity index (χ0n) is 16.7. The smallest absolute Gasteiger partial charge is 0.203 e. The summed E-state index contributed by atoms with van der Waals surface area (Å²) in [6.45, 7) is 9.67. The summed E-state index contributed by atoms with van der Waals surface area (Å²) in [4.78, 5) is 3.97. The molecule has 4 rings (SSSR count). The molecule has 0 atom stereocenters. The molecular weight excluding hydrogens is 378 g/mol. The highest BCUT2D eigenvalue weighted by Gasteiger charge is 2.22. The van der Waals surface area contributed by atoms with Crippen molar-refractivity contribution in [3.8, 4) is 0 Å². The summed E-state index contributed by atoms with van der Waals surface area (Å²) in [5, 5.41) is 4.89. The normalized spacial score (nSPS) is 14.8. The molecule has 1 N–H and O–H groups in total. The number of nitrogens with one attached hydrogen (secondary N) is 1. The number of rotatable bonds is 7. The van der Waals surface area contributed by atoms with E-state index in [0.29, 0.717) is 6.54 Å². The minimum absolute atomic E-state index is 0.693. The number of hydrogen-bond acceptors (Lipinski definition) is 3. The summed E-state index contributed by atoms with van der Waals surface area (Å²) < 4.78 is 4.90. The number of piperazine rings is 1. The van der Waals surface area contributed by atoms with Crippen LogP contribution >= 0.6 is 12.2 Å². The minimum atomic E-state index is 0.693. The van der Waals surface area contributed by atoms with Crippen molar-refractivity contribution in [3.05, 3.63) is 89.5 Å². The minimum Gasteiger partial charge on any atom is -0.360 e. The van der Waals surface area contributed by atoms with Gasteiger partial charge in [-0.15, -0.1) is 6.58 Å². The third-order valence-electron chi connectivity index (χ3n) is 5.48. The zero-order valence-corrected chi connectivity index (χ0v) is 17.5. The van der Waals surface area contributed by atoms with E-state index in [1.54, 1.807) is 0 Å². The molecular formula is C23H28N5S+. The fourth-order valence-electron chi connectivity index (χ4n) is 3.90. The molecule has 0 bridgehead atoms. The highest BCUT2D eigenvalue weighted by Crippen LogP contribution is 2.13. The molecule has 0 amide bonds. The lowest BCUT2D eigenvalue weighted by molar-refractivity contribution is -0.924. The molecule has 2 heterocycles. The molecule has 3 aromatic rings. The number of quaternary nitrogens is 1. The van der Waals surface area contributed by atoms with Crippen LogP contribution in [0, 0.1) is 4.77 Å². The average molecular weight is 407 g/mol. The molecule has 5 nitrogen and oxygen atoms in total. The quantitative estimate of drug-likeness (QED) is 0.483. The Labute approximate surface area is 177 Å². The third kappa shape index (κ3) is 4.66. The molecule has 2 aromatic carbocycles. The van der Waals surface area contributed by atoms with E-state index in [2.05, 4.69) is 70.6 Å². The first-order chi connectivity index (χ1) is 14.2. The van der Waals surface area contributed by atoms with Crippen LogP contribution in [-0.2, 0) is 19.6 Å². The summed E-state index contributed by atoms with van der Waals surface area (Å²) in [7, 11) is 0. The number of hydrogen-bond donors (Lipinski definition) is 1. The van der Waals surface area contributed by atoms with E-state index in [1.165, 1.54) is 16.2 Å². The number of anilines is 1. The van der Waals surface area contributed by atoms with Gasteiger partial charge in [0.1, 0.15) is 5.82 Å². The second-order valence-electron chi connectivity index (χ2n) is 7.49. The molecule has 0 spiro atoms. The number of benzene rings is 2. The van der Waals surface area contributed by atoms with Crippen LogP contribution in [0.3, 0.4) is 0 Å². The molecule has 0 unspecified atom stereocenters. The van der Waals surface area contributed by atoms with Gasteiger partial charge in [-0.1, -0.05) is 54.6 Å². The molecule has 1 aliphatic rings. The Hall–Kier alpha value is -2.70.